The highest BCUT2D eigenvalue weighted by Gasteiger charge is 2.33. The topological polar surface area (TPSA) is 105 Å². The third-order valence-corrected chi connectivity index (χ3v) is 9.45. The Morgan fingerprint density at radius 3 is 2.19 bits per heavy atom. The molecule has 0 heterocycles. The molecule has 1 fully saturated rings. The summed E-state index contributed by atoms with van der Waals surface area (Å²) in [4.78, 5) is 28.6. The van der Waals surface area contributed by atoms with E-state index in [0.29, 0.717) is 11.3 Å². The molecule has 0 bridgehead atoms. The van der Waals surface area contributed by atoms with Crippen LogP contribution < -0.4 is 19.1 Å². The average Bonchev–Trinajstić information content (AvgIpc) is 3.52. The second-order valence-electron chi connectivity index (χ2n) is 10.7. The molecule has 2 amide bonds. The van der Waals surface area contributed by atoms with Crippen molar-refractivity contribution < 1.29 is 31.9 Å². The number of methoxy groups -OCH3 is 2. The Kier molecular flexibility index (Phi) is 10.3. The van der Waals surface area contributed by atoms with Gasteiger partial charge in [-0.05, 0) is 68.7 Å². The Bertz CT molecular complexity index is 1520. The van der Waals surface area contributed by atoms with Crippen molar-refractivity contribution in [3.8, 4) is 11.5 Å². The number of benzene rings is 3. The Morgan fingerprint density at radius 2 is 1.58 bits per heavy atom. The van der Waals surface area contributed by atoms with Gasteiger partial charge in [-0.25, -0.2) is 12.8 Å². The van der Waals surface area contributed by atoms with Crippen LogP contribution >= 0.6 is 0 Å². The zero-order chi connectivity index (χ0) is 31.1. The van der Waals surface area contributed by atoms with Gasteiger partial charge in [0.15, 0.2) is 11.5 Å². The van der Waals surface area contributed by atoms with Gasteiger partial charge in [0.25, 0.3) is 10.0 Å². The SMILES string of the molecule is COc1ccc(S(=O)(=O)N(CC(=O)N(Cc2ccc(F)cc2)[C@@H](C)C(=O)NC2CCCC2)c2ccc(C)cc2)cc1OC. The fourth-order valence-corrected chi connectivity index (χ4v) is 6.54. The smallest absolute Gasteiger partial charge is 0.264 e. The van der Waals surface area contributed by atoms with Crippen molar-refractivity contribution in [2.24, 2.45) is 0 Å². The van der Waals surface area contributed by atoms with Gasteiger partial charge in [-0.3, -0.25) is 13.9 Å². The first kappa shape index (κ1) is 31.8. The van der Waals surface area contributed by atoms with Crippen molar-refractivity contribution in [3.05, 3.63) is 83.7 Å². The molecule has 0 radical (unpaired) electrons. The Labute approximate surface area is 252 Å². The molecule has 1 aliphatic rings. The number of ether oxygens (including phenoxy) is 2. The highest BCUT2D eigenvalue weighted by atomic mass is 32.2. The molecule has 1 N–H and O–H groups in total. The fraction of sp³-hybridized carbons (Fsp3) is 0.375. The molecule has 230 valence electrons. The highest BCUT2D eigenvalue weighted by Crippen LogP contribution is 2.32. The quantitative estimate of drug-likeness (QED) is 0.315. The van der Waals surface area contributed by atoms with Crippen molar-refractivity contribution in [2.45, 2.75) is 63.1 Å². The zero-order valence-electron chi connectivity index (χ0n) is 24.9. The summed E-state index contributed by atoms with van der Waals surface area (Å²) in [5.74, 6) is -0.781. The summed E-state index contributed by atoms with van der Waals surface area (Å²) in [6, 6.07) is 15.7. The average molecular weight is 612 g/mol. The first-order valence-electron chi connectivity index (χ1n) is 14.2. The lowest BCUT2D eigenvalue weighted by Gasteiger charge is -2.32. The van der Waals surface area contributed by atoms with E-state index in [9.17, 15) is 22.4 Å². The molecule has 3 aromatic carbocycles. The number of sulfonamides is 1. The fourth-order valence-electron chi connectivity index (χ4n) is 5.11. The Hall–Kier alpha value is -4.12. The molecular formula is C32H38FN3O6S. The summed E-state index contributed by atoms with van der Waals surface area (Å²) < 4.78 is 53.5. The van der Waals surface area contributed by atoms with Crippen LogP contribution in [-0.2, 0) is 26.2 Å². The first-order chi connectivity index (χ1) is 20.5. The van der Waals surface area contributed by atoms with E-state index < -0.39 is 34.3 Å². The van der Waals surface area contributed by atoms with Gasteiger partial charge in [0, 0.05) is 18.7 Å². The maximum atomic E-state index is 14.1. The van der Waals surface area contributed by atoms with Crippen LogP contribution in [-0.4, -0.2) is 58.0 Å². The molecule has 0 aliphatic heterocycles. The van der Waals surface area contributed by atoms with E-state index in [1.807, 2.05) is 6.92 Å². The number of hydrogen-bond donors (Lipinski definition) is 1. The molecule has 43 heavy (non-hydrogen) atoms. The van der Waals surface area contributed by atoms with Crippen LogP contribution in [0, 0.1) is 12.7 Å². The maximum Gasteiger partial charge on any atom is 0.264 e. The van der Waals surface area contributed by atoms with Crippen LogP contribution in [0.2, 0.25) is 0 Å². The lowest BCUT2D eigenvalue weighted by molar-refractivity contribution is -0.139. The van der Waals surface area contributed by atoms with Gasteiger partial charge < -0.3 is 19.7 Å². The summed E-state index contributed by atoms with van der Waals surface area (Å²) in [6.45, 7) is 2.89. The number of carbonyl (C=O) groups excluding carboxylic acids is 2. The van der Waals surface area contributed by atoms with Gasteiger partial charge >= 0.3 is 0 Å². The molecule has 9 nitrogen and oxygen atoms in total. The molecule has 1 saturated carbocycles. The minimum atomic E-state index is -4.30. The van der Waals surface area contributed by atoms with Gasteiger partial charge in [0.05, 0.1) is 24.8 Å². The molecule has 1 atom stereocenters. The van der Waals surface area contributed by atoms with E-state index >= 15 is 0 Å². The standard InChI is InChI=1S/C32H38FN3O6S/c1-22-9-15-27(16-10-22)36(43(39,40)28-17-18-29(41-3)30(19-28)42-4)21-31(37)35(20-24-11-13-25(33)14-12-24)23(2)32(38)34-26-7-5-6-8-26/h9-19,23,26H,5-8,20-21H2,1-4H3,(H,34,38)/t23-/m0/s1. The molecule has 0 aromatic heterocycles. The second kappa shape index (κ2) is 13.9. The van der Waals surface area contributed by atoms with Crippen LogP contribution in [0.15, 0.2) is 71.6 Å². The van der Waals surface area contributed by atoms with Gasteiger partial charge in [-0.2, -0.15) is 0 Å². The van der Waals surface area contributed by atoms with Crippen LogP contribution in [0.5, 0.6) is 11.5 Å². The zero-order valence-corrected chi connectivity index (χ0v) is 25.7. The number of nitrogens with one attached hydrogen (secondary N) is 1. The molecule has 0 saturated heterocycles. The number of nitrogens with zero attached hydrogens (tertiary/aromatic N) is 2. The first-order valence-corrected chi connectivity index (χ1v) is 15.6. The largest absolute Gasteiger partial charge is 0.493 e. The lowest BCUT2D eigenvalue weighted by Crippen LogP contribution is -2.52. The van der Waals surface area contributed by atoms with Gasteiger partial charge in [-0.1, -0.05) is 42.7 Å². The minimum Gasteiger partial charge on any atom is -0.493 e. The van der Waals surface area contributed by atoms with Gasteiger partial charge in [0.1, 0.15) is 18.4 Å². The van der Waals surface area contributed by atoms with Crippen LogP contribution in [0.1, 0.15) is 43.7 Å². The molecule has 1 aliphatic carbocycles. The van der Waals surface area contributed by atoms with E-state index in [4.69, 9.17) is 9.47 Å². The van der Waals surface area contributed by atoms with E-state index in [1.165, 1.54) is 61.6 Å². The second-order valence-corrected chi connectivity index (χ2v) is 12.5. The predicted octanol–water partition coefficient (Wildman–Crippen LogP) is 4.82. The number of halogens is 1. The summed E-state index contributed by atoms with van der Waals surface area (Å²) in [5.41, 5.74) is 1.78. The van der Waals surface area contributed by atoms with E-state index in [1.54, 1.807) is 31.2 Å². The predicted molar refractivity (Wildman–Crippen MR) is 162 cm³/mol. The molecule has 4 rings (SSSR count). The van der Waals surface area contributed by atoms with E-state index in [-0.39, 0.29) is 34.8 Å². The third-order valence-electron chi connectivity index (χ3n) is 7.68. The normalized spacial score (nSPS) is 14.2. The molecule has 0 unspecified atom stereocenters. The van der Waals surface area contributed by atoms with E-state index in [0.717, 1.165) is 35.6 Å². The van der Waals surface area contributed by atoms with Crippen molar-refractivity contribution in [3.63, 3.8) is 0 Å². The van der Waals surface area contributed by atoms with Crippen LogP contribution in [0.4, 0.5) is 10.1 Å². The molecule has 3 aromatic rings. The third kappa shape index (κ3) is 7.64. The minimum absolute atomic E-state index is 0.0174. The summed E-state index contributed by atoms with van der Waals surface area (Å²) >= 11 is 0. The van der Waals surface area contributed by atoms with Crippen molar-refractivity contribution in [2.75, 3.05) is 25.1 Å². The molecular weight excluding hydrogens is 573 g/mol. The number of aryl methyl sites for hydroxylation is 1. The van der Waals surface area contributed by atoms with Crippen molar-refractivity contribution in [1.29, 1.82) is 0 Å². The number of anilines is 1. The highest BCUT2D eigenvalue weighted by molar-refractivity contribution is 7.92. The Balaban J connectivity index is 1.71. The maximum absolute atomic E-state index is 14.1. The van der Waals surface area contributed by atoms with Crippen molar-refractivity contribution >= 4 is 27.5 Å². The van der Waals surface area contributed by atoms with Crippen LogP contribution in [0.3, 0.4) is 0 Å². The number of amides is 2. The Morgan fingerprint density at radius 1 is 0.953 bits per heavy atom. The number of rotatable bonds is 12. The van der Waals surface area contributed by atoms with Gasteiger partial charge in [0.2, 0.25) is 11.8 Å². The van der Waals surface area contributed by atoms with Gasteiger partial charge in [-0.15, -0.1) is 0 Å². The molecule has 0 spiro atoms. The number of carbonyl (C=O) groups is 2. The van der Waals surface area contributed by atoms with Crippen molar-refractivity contribution in [1.82, 2.24) is 10.2 Å². The summed E-state index contributed by atoms with van der Waals surface area (Å²) in [7, 11) is -1.44. The monoisotopic (exact) mass is 611 g/mol. The lowest BCUT2D eigenvalue weighted by atomic mass is 10.1. The summed E-state index contributed by atoms with van der Waals surface area (Å²) in [5, 5.41) is 3.03. The van der Waals surface area contributed by atoms with Crippen LogP contribution in [0.25, 0.3) is 0 Å². The number of hydrogen-bond acceptors (Lipinski definition) is 6. The van der Waals surface area contributed by atoms with E-state index in [2.05, 4.69) is 5.32 Å². The molecule has 11 heteroatoms. The summed E-state index contributed by atoms with van der Waals surface area (Å²) in [6.07, 6.45) is 3.79.